The fourth-order valence-electron chi connectivity index (χ4n) is 1.71. The van der Waals surface area contributed by atoms with Crippen LogP contribution < -0.4 is 0 Å². The minimum Gasteiger partial charge on any atom is -0.481 e. The second kappa shape index (κ2) is 2.73. The fourth-order valence-corrected chi connectivity index (χ4v) is 1.71. The lowest BCUT2D eigenvalue weighted by Gasteiger charge is -2.06. The third-order valence-electron chi connectivity index (χ3n) is 2.41. The van der Waals surface area contributed by atoms with Crippen molar-refractivity contribution >= 4 is 12.0 Å². The van der Waals surface area contributed by atoms with Crippen LogP contribution in [0.3, 0.4) is 0 Å². The van der Waals surface area contributed by atoms with Crippen molar-refractivity contribution in [2.75, 3.05) is 0 Å². The highest BCUT2D eigenvalue weighted by Gasteiger charge is 2.23. The molecule has 0 saturated carbocycles. The molecule has 2 rings (SSSR count). The zero-order valence-corrected chi connectivity index (χ0v) is 7.32. The quantitative estimate of drug-likeness (QED) is 0.708. The van der Waals surface area contributed by atoms with Crippen LogP contribution in [0, 0.1) is 6.92 Å². The van der Waals surface area contributed by atoms with E-state index in [0.717, 1.165) is 16.7 Å². The molecule has 0 fully saturated rings. The molecule has 1 unspecified atom stereocenters. The van der Waals surface area contributed by atoms with Gasteiger partial charge < -0.3 is 5.11 Å². The van der Waals surface area contributed by atoms with Crippen LogP contribution in [0.4, 0.5) is 0 Å². The number of aryl methyl sites for hydroxylation is 1. The fraction of sp³-hybridized carbons (Fsp3) is 0.182. The highest BCUT2D eigenvalue weighted by atomic mass is 16.4. The Bertz CT molecular complexity index is 391. The number of carboxylic acids is 1. The van der Waals surface area contributed by atoms with Gasteiger partial charge in [-0.2, -0.15) is 0 Å². The summed E-state index contributed by atoms with van der Waals surface area (Å²) in [7, 11) is 0. The predicted octanol–water partition coefficient (Wildman–Crippen LogP) is 2.19. The molecule has 1 aliphatic rings. The van der Waals surface area contributed by atoms with E-state index in [4.69, 9.17) is 5.11 Å². The van der Waals surface area contributed by atoms with Crippen molar-refractivity contribution in [2.45, 2.75) is 12.8 Å². The number of hydrogen-bond donors (Lipinski definition) is 1. The van der Waals surface area contributed by atoms with Crippen molar-refractivity contribution in [3.63, 3.8) is 0 Å². The molecule has 1 aromatic carbocycles. The van der Waals surface area contributed by atoms with E-state index in [0.29, 0.717) is 0 Å². The molecule has 1 aromatic rings. The topological polar surface area (TPSA) is 37.3 Å². The Morgan fingerprint density at radius 2 is 2.23 bits per heavy atom. The number of fused-ring (bicyclic) bond motifs is 1. The third-order valence-corrected chi connectivity index (χ3v) is 2.41. The van der Waals surface area contributed by atoms with Crippen molar-refractivity contribution in [2.24, 2.45) is 0 Å². The Labute approximate surface area is 76.5 Å². The first kappa shape index (κ1) is 8.05. The van der Waals surface area contributed by atoms with Gasteiger partial charge in [0.1, 0.15) is 5.92 Å². The molecule has 0 aromatic heterocycles. The van der Waals surface area contributed by atoms with E-state index < -0.39 is 11.9 Å². The normalized spacial score (nSPS) is 18.7. The molecule has 2 nitrogen and oxygen atoms in total. The Hall–Kier alpha value is -1.57. The van der Waals surface area contributed by atoms with Crippen LogP contribution in [-0.4, -0.2) is 11.1 Å². The second-order valence-electron chi connectivity index (χ2n) is 3.25. The van der Waals surface area contributed by atoms with Gasteiger partial charge in [-0.3, -0.25) is 4.79 Å². The monoisotopic (exact) mass is 174 g/mol. The predicted molar refractivity (Wildman–Crippen MR) is 50.6 cm³/mol. The van der Waals surface area contributed by atoms with Crippen molar-refractivity contribution in [3.8, 4) is 0 Å². The molecule has 1 aliphatic carbocycles. The number of aliphatic carboxylic acids is 1. The van der Waals surface area contributed by atoms with E-state index >= 15 is 0 Å². The molecule has 0 spiro atoms. The van der Waals surface area contributed by atoms with Gasteiger partial charge in [-0.25, -0.2) is 0 Å². The average Bonchev–Trinajstić information content (AvgIpc) is 2.48. The molecule has 0 saturated heterocycles. The van der Waals surface area contributed by atoms with Crippen molar-refractivity contribution in [1.29, 1.82) is 0 Å². The van der Waals surface area contributed by atoms with Crippen LogP contribution in [-0.2, 0) is 4.79 Å². The molecule has 13 heavy (non-hydrogen) atoms. The van der Waals surface area contributed by atoms with Gasteiger partial charge in [0.15, 0.2) is 0 Å². The van der Waals surface area contributed by atoms with E-state index in [1.807, 2.05) is 31.2 Å². The molecule has 0 radical (unpaired) electrons. The molecule has 0 bridgehead atoms. The van der Waals surface area contributed by atoms with Crippen molar-refractivity contribution < 1.29 is 9.90 Å². The number of carboxylic acid groups (broad SMARTS) is 1. The maximum atomic E-state index is 10.8. The summed E-state index contributed by atoms with van der Waals surface area (Å²) in [5.74, 6) is -1.23. The van der Waals surface area contributed by atoms with Gasteiger partial charge >= 0.3 is 5.97 Å². The van der Waals surface area contributed by atoms with E-state index in [2.05, 4.69) is 0 Å². The van der Waals surface area contributed by atoms with Crippen LogP contribution in [0.2, 0.25) is 0 Å². The minimum absolute atomic E-state index is 0.449. The van der Waals surface area contributed by atoms with Gasteiger partial charge in [-0.15, -0.1) is 0 Å². The SMILES string of the molecule is Cc1cccc2c1C=CC2C(=O)O. The van der Waals surface area contributed by atoms with Crippen LogP contribution in [0.15, 0.2) is 24.3 Å². The molecular formula is C11H10O2. The van der Waals surface area contributed by atoms with E-state index in [1.54, 1.807) is 6.08 Å². The first-order valence-electron chi connectivity index (χ1n) is 4.20. The maximum absolute atomic E-state index is 10.8. The van der Waals surface area contributed by atoms with Crippen LogP contribution in [0.5, 0.6) is 0 Å². The van der Waals surface area contributed by atoms with Gasteiger partial charge in [0.25, 0.3) is 0 Å². The molecule has 66 valence electrons. The first-order chi connectivity index (χ1) is 6.20. The highest BCUT2D eigenvalue weighted by molar-refractivity contribution is 5.85. The molecule has 1 N–H and O–H groups in total. The van der Waals surface area contributed by atoms with Gasteiger partial charge in [-0.1, -0.05) is 30.4 Å². The number of benzene rings is 1. The summed E-state index contributed by atoms with van der Waals surface area (Å²) in [4.78, 5) is 10.8. The molecule has 2 heteroatoms. The van der Waals surface area contributed by atoms with Gasteiger partial charge in [-0.05, 0) is 23.6 Å². The third kappa shape index (κ3) is 1.15. The summed E-state index contributed by atoms with van der Waals surface area (Å²) in [6, 6.07) is 5.77. The second-order valence-corrected chi connectivity index (χ2v) is 3.25. The largest absolute Gasteiger partial charge is 0.481 e. The summed E-state index contributed by atoms with van der Waals surface area (Å²) in [5, 5.41) is 8.90. The molecule has 0 aliphatic heterocycles. The lowest BCUT2D eigenvalue weighted by molar-refractivity contribution is -0.137. The van der Waals surface area contributed by atoms with Crippen molar-refractivity contribution in [1.82, 2.24) is 0 Å². The van der Waals surface area contributed by atoms with Crippen LogP contribution in [0.1, 0.15) is 22.6 Å². The Morgan fingerprint density at radius 1 is 1.46 bits per heavy atom. The van der Waals surface area contributed by atoms with E-state index in [9.17, 15) is 4.79 Å². The van der Waals surface area contributed by atoms with Gasteiger partial charge in [0.05, 0.1) is 0 Å². The van der Waals surface area contributed by atoms with Crippen LogP contribution in [0.25, 0.3) is 6.08 Å². The summed E-state index contributed by atoms with van der Waals surface area (Å²) >= 11 is 0. The lowest BCUT2D eigenvalue weighted by atomic mass is 9.98. The molecule has 1 atom stereocenters. The number of hydrogen-bond acceptors (Lipinski definition) is 1. The summed E-state index contributed by atoms with van der Waals surface area (Å²) in [5.41, 5.74) is 3.11. The van der Waals surface area contributed by atoms with Crippen molar-refractivity contribution in [3.05, 3.63) is 41.0 Å². The van der Waals surface area contributed by atoms with Gasteiger partial charge in [0.2, 0.25) is 0 Å². The van der Waals surface area contributed by atoms with E-state index in [1.165, 1.54) is 0 Å². The molecule has 0 heterocycles. The summed E-state index contributed by atoms with van der Waals surface area (Å²) in [6.07, 6.45) is 3.63. The smallest absolute Gasteiger partial charge is 0.314 e. The minimum atomic E-state index is -0.777. The standard InChI is InChI=1S/C11H10O2/c1-7-3-2-4-9-8(7)5-6-10(9)11(12)13/h2-6,10H,1H3,(H,12,13). The summed E-state index contributed by atoms with van der Waals surface area (Å²) in [6.45, 7) is 1.99. The first-order valence-corrected chi connectivity index (χ1v) is 4.20. The molecular weight excluding hydrogens is 164 g/mol. The maximum Gasteiger partial charge on any atom is 0.314 e. The average molecular weight is 174 g/mol. The zero-order valence-electron chi connectivity index (χ0n) is 7.32. The molecule has 0 amide bonds. The zero-order chi connectivity index (χ0) is 9.42. The number of rotatable bonds is 1. The van der Waals surface area contributed by atoms with Gasteiger partial charge in [0, 0.05) is 0 Å². The Morgan fingerprint density at radius 3 is 2.92 bits per heavy atom. The Kier molecular flexibility index (Phi) is 1.69. The van der Waals surface area contributed by atoms with Crippen LogP contribution >= 0.6 is 0 Å². The lowest BCUT2D eigenvalue weighted by Crippen LogP contribution is -2.07. The Balaban J connectivity index is 2.55. The number of carbonyl (C=O) groups is 1. The highest BCUT2D eigenvalue weighted by Crippen LogP contribution is 2.31. The van der Waals surface area contributed by atoms with E-state index in [-0.39, 0.29) is 0 Å². The summed E-state index contributed by atoms with van der Waals surface area (Å²) < 4.78 is 0.